The number of nitro benzene ring substituents is 1. The lowest BCUT2D eigenvalue weighted by Crippen LogP contribution is -2.41. The summed E-state index contributed by atoms with van der Waals surface area (Å²) < 4.78 is 4.98. The zero-order valence-corrected chi connectivity index (χ0v) is 15.7. The highest BCUT2D eigenvalue weighted by atomic mass is 16.6. The number of amides is 3. The summed E-state index contributed by atoms with van der Waals surface area (Å²) in [6, 6.07) is 3.34. The molecule has 0 aliphatic carbocycles. The predicted octanol–water partition coefficient (Wildman–Crippen LogP) is 1.98. The van der Waals surface area contributed by atoms with Crippen molar-refractivity contribution in [1.82, 2.24) is 10.6 Å². The second kappa shape index (κ2) is 10.2. The molecule has 2 rings (SSSR count). The third-order valence-corrected chi connectivity index (χ3v) is 4.23. The van der Waals surface area contributed by atoms with E-state index in [4.69, 9.17) is 4.74 Å². The van der Waals surface area contributed by atoms with E-state index in [9.17, 15) is 24.5 Å². The van der Waals surface area contributed by atoms with Gasteiger partial charge in [-0.3, -0.25) is 20.2 Å². The summed E-state index contributed by atoms with van der Waals surface area (Å²) in [6.45, 7) is 3.07. The van der Waals surface area contributed by atoms with Crippen molar-refractivity contribution in [3.8, 4) is 0 Å². The lowest BCUT2D eigenvalue weighted by atomic mass is 10.1. The number of nitrogens with zero attached hydrogens (tertiary/aromatic N) is 2. The quantitative estimate of drug-likeness (QED) is 0.412. The second-order valence-electron chi connectivity index (χ2n) is 6.39. The Labute approximate surface area is 162 Å². The van der Waals surface area contributed by atoms with Crippen LogP contribution in [0.15, 0.2) is 18.2 Å². The normalized spacial score (nSPS) is 13.5. The van der Waals surface area contributed by atoms with Crippen LogP contribution in [0.3, 0.4) is 0 Å². The molecule has 0 aromatic heterocycles. The van der Waals surface area contributed by atoms with Gasteiger partial charge in [0.15, 0.2) is 6.61 Å². The van der Waals surface area contributed by atoms with Crippen molar-refractivity contribution in [2.24, 2.45) is 0 Å². The van der Waals surface area contributed by atoms with Gasteiger partial charge in [-0.15, -0.1) is 0 Å². The number of anilines is 1. The maximum Gasteiger partial charge on any atom is 0.341 e. The molecule has 1 saturated heterocycles. The SMILES string of the molecule is CCCNC(=O)NC(=O)COC(=O)c1cc([N+](=O)[O-])ccc1N1CCCCC1. The Balaban J connectivity index is 2.07. The van der Waals surface area contributed by atoms with Crippen molar-refractivity contribution in [3.05, 3.63) is 33.9 Å². The van der Waals surface area contributed by atoms with Gasteiger partial charge in [0.25, 0.3) is 11.6 Å². The van der Waals surface area contributed by atoms with Gasteiger partial charge >= 0.3 is 12.0 Å². The number of nitro groups is 1. The molecule has 3 amide bonds. The fourth-order valence-electron chi connectivity index (χ4n) is 2.87. The molecule has 152 valence electrons. The van der Waals surface area contributed by atoms with Crippen LogP contribution in [0.25, 0.3) is 0 Å². The van der Waals surface area contributed by atoms with E-state index in [-0.39, 0.29) is 11.3 Å². The molecule has 1 aliphatic rings. The number of hydrogen-bond acceptors (Lipinski definition) is 7. The molecule has 2 N–H and O–H groups in total. The topological polar surface area (TPSA) is 131 Å². The molecule has 0 atom stereocenters. The first-order valence-electron chi connectivity index (χ1n) is 9.20. The molecule has 1 fully saturated rings. The summed E-state index contributed by atoms with van der Waals surface area (Å²) in [4.78, 5) is 48.1. The predicted molar refractivity (Wildman–Crippen MR) is 101 cm³/mol. The van der Waals surface area contributed by atoms with Gasteiger partial charge in [-0.1, -0.05) is 6.92 Å². The van der Waals surface area contributed by atoms with Gasteiger partial charge < -0.3 is 15.0 Å². The largest absolute Gasteiger partial charge is 0.452 e. The molecule has 0 saturated carbocycles. The van der Waals surface area contributed by atoms with Gasteiger partial charge in [0.1, 0.15) is 0 Å². The number of benzene rings is 1. The number of carbonyl (C=O) groups excluding carboxylic acids is 3. The molecule has 1 aromatic carbocycles. The molecule has 10 nitrogen and oxygen atoms in total. The molecule has 0 spiro atoms. The molecule has 0 unspecified atom stereocenters. The minimum atomic E-state index is -0.853. The average molecular weight is 392 g/mol. The van der Waals surface area contributed by atoms with Crippen LogP contribution < -0.4 is 15.5 Å². The van der Waals surface area contributed by atoms with Crippen LogP contribution in [-0.2, 0) is 9.53 Å². The number of ether oxygens (including phenoxy) is 1. The van der Waals surface area contributed by atoms with Crippen molar-refractivity contribution in [2.75, 3.05) is 31.1 Å². The van der Waals surface area contributed by atoms with Crippen molar-refractivity contribution < 1.29 is 24.0 Å². The lowest BCUT2D eigenvalue weighted by molar-refractivity contribution is -0.384. The smallest absolute Gasteiger partial charge is 0.341 e. The van der Waals surface area contributed by atoms with Gasteiger partial charge in [-0.25, -0.2) is 9.59 Å². The number of rotatable bonds is 7. The van der Waals surface area contributed by atoms with Gasteiger partial charge in [-0.05, 0) is 31.7 Å². The van der Waals surface area contributed by atoms with E-state index in [2.05, 4.69) is 5.32 Å². The fraction of sp³-hybridized carbons (Fsp3) is 0.500. The molecule has 1 aromatic rings. The molecule has 1 heterocycles. The van der Waals surface area contributed by atoms with Crippen LogP contribution in [0.5, 0.6) is 0 Å². The van der Waals surface area contributed by atoms with E-state index in [1.54, 1.807) is 0 Å². The maximum atomic E-state index is 12.5. The Hall–Kier alpha value is -3.17. The van der Waals surface area contributed by atoms with Crippen LogP contribution in [0.4, 0.5) is 16.2 Å². The van der Waals surface area contributed by atoms with Crippen LogP contribution in [0.2, 0.25) is 0 Å². The summed E-state index contributed by atoms with van der Waals surface area (Å²) in [5.41, 5.74) is 0.326. The van der Waals surface area contributed by atoms with E-state index >= 15 is 0 Å². The molecule has 28 heavy (non-hydrogen) atoms. The molecular weight excluding hydrogens is 368 g/mol. The Morgan fingerprint density at radius 2 is 1.93 bits per heavy atom. The summed E-state index contributed by atoms with van der Waals surface area (Å²) in [7, 11) is 0. The van der Waals surface area contributed by atoms with Gasteiger partial charge in [0.2, 0.25) is 0 Å². The summed E-state index contributed by atoms with van der Waals surface area (Å²) in [5, 5.41) is 15.6. The van der Waals surface area contributed by atoms with Gasteiger partial charge in [0.05, 0.1) is 16.2 Å². The highest BCUT2D eigenvalue weighted by Crippen LogP contribution is 2.28. The van der Waals surface area contributed by atoms with E-state index in [0.717, 1.165) is 38.4 Å². The number of nitrogens with one attached hydrogen (secondary N) is 2. The second-order valence-corrected chi connectivity index (χ2v) is 6.39. The Kier molecular flexibility index (Phi) is 7.73. The van der Waals surface area contributed by atoms with Gasteiger partial charge in [-0.2, -0.15) is 0 Å². The molecule has 0 bridgehead atoms. The summed E-state index contributed by atoms with van der Waals surface area (Å²) in [5.74, 6) is -1.64. The monoisotopic (exact) mass is 392 g/mol. The van der Waals surface area contributed by atoms with E-state index < -0.39 is 29.4 Å². The van der Waals surface area contributed by atoms with E-state index in [0.29, 0.717) is 18.7 Å². The van der Waals surface area contributed by atoms with Crippen LogP contribution in [0.1, 0.15) is 43.0 Å². The fourth-order valence-corrected chi connectivity index (χ4v) is 2.87. The lowest BCUT2D eigenvalue weighted by Gasteiger charge is -2.30. The number of carbonyl (C=O) groups is 3. The van der Waals surface area contributed by atoms with Crippen molar-refractivity contribution >= 4 is 29.3 Å². The Morgan fingerprint density at radius 1 is 1.21 bits per heavy atom. The maximum absolute atomic E-state index is 12.5. The average Bonchev–Trinajstić information content (AvgIpc) is 2.70. The third-order valence-electron chi connectivity index (χ3n) is 4.23. The van der Waals surface area contributed by atoms with E-state index in [1.807, 2.05) is 17.1 Å². The molecule has 1 aliphatic heterocycles. The molecule has 0 radical (unpaired) electrons. The first-order chi connectivity index (χ1) is 13.4. The summed E-state index contributed by atoms with van der Waals surface area (Å²) >= 11 is 0. The van der Waals surface area contributed by atoms with Crippen LogP contribution in [-0.4, -0.2) is 49.1 Å². The molecular formula is C18H24N4O6. The van der Waals surface area contributed by atoms with Crippen molar-refractivity contribution in [1.29, 1.82) is 0 Å². The minimum Gasteiger partial charge on any atom is -0.452 e. The third kappa shape index (κ3) is 5.93. The first kappa shape index (κ1) is 21.1. The highest BCUT2D eigenvalue weighted by molar-refractivity contribution is 5.99. The number of esters is 1. The number of piperidine rings is 1. The van der Waals surface area contributed by atoms with Crippen LogP contribution >= 0.6 is 0 Å². The van der Waals surface area contributed by atoms with Crippen molar-refractivity contribution in [3.63, 3.8) is 0 Å². The van der Waals surface area contributed by atoms with E-state index in [1.165, 1.54) is 12.1 Å². The first-order valence-corrected chi connectivity index (χ1v) is 9.20. The number of urea groups is 1. The minimum absolute atomic E-state index is 0.0272. The Morgan fingerprint density at radius 3 is 2.57 bits per heavy atom. The van der Waals surface area contributed by atoms with Crippen molar-refractivity contribution in [2.45, 2.75) is 32.6 Å². The summed E-state index contributed by atoms with van der Waals surface area (Å²) in [6.07, 6.45) is 3.72. The molecule has 10 heteroatoms. The highest BCUT2D eigenvalue weighted by Gasteiger charge is 2.23. The standard InChI is InChI=1S/C18H24N4O6/c1-2-8-19-18(25)20-16(23)12-28-17(24)14-11-13(22(26)27)6-7-15(14)21-9-4-3-5-10-21/h6-7,11H,2-5,8-10,12H2,1H3,(H2,19,20,23,25). The van der Waals surface area contributed by atoms with Gasteiger partial charge in [0, 0.05) is 31.8 Å². The number of non-ortho nitro benzene ring substituents is 1. The number of imide groups is 1. The Bertz CT molecular complexity index is 746. The van der Waals surface area contributed by atoms with Crippen LogP contribution in [0, 0.1) is 10.1 Å². The zero-order valence-electron chi connectivity index (χ0n) is 15.7. The zero-order chi connectivity index (χ0) is 20.5. The number of hydrogen-bond donors (Lipinski definition) is 2.